The Labute approximate surface area is 184 Å². The number of fused-ring (bicyclic) bond motifs is 3. The molecule has 0 aliphatic rings. The Kier molecular flexibility index (Phi) is 4.04. The average Bonchev–Trinajstić information content (AvgIpc) is 3.46. The number of hydrogen-bond donors (Lipinski definition) is 1. The lowest BCUT2D eigenvalue weighted by Gasteiger charge is -2.13. The van der Waals surface area contributed by atoms with Gasteiger partial charge in [0.1, 0.15) is 11.1 Å². The Bertz CT molecular complexity index is 1620. The maximum atomic E-state index is 9.05. The molecule has 6 heteroatoms. The van der Waals surface area contributed by atoms with Gasteiger partial charge in [0.05, 0.1) is 11.1 Å². The number of rotatable bonds is 3. The van der Waals surface area contributed by atoms with Crippen molar-refractivity contribution in [3.63, 3.8) is 0 Å². The van der Waals surface area contributed by atoms with Crippen molar-refractivity contribution < 1.29 is 0 Å². The van der Waals surface area contributed by atoms with Crippen molar-refractivity contribution in [3.05, 3.63) is 108 Å². The van der Waals surface area contributed by atoms with E-state index in [0.29, 0.717) is 11.3 Å². The van der Waals surface area contributed by atoms with Crippen LogP contribution in [0, 0.1) is 12.3 Å². The summed E-state index contributed by atoms with van der Waals surface area (Å²) in [7, 11) is 0. The summed E-state index contributed by atoms with van der Waals surface area (Å²) in [6.45, 7) is 2.07. The van der Waals surface area contributed by atoms with E-state index in [9.17, 15) is 0 Å². The van der Waals surface area contributed by atoms with Crippen molar-refractivity contribution in [3.8, 4) is 22.8 Å². The maximum absolute atomic E-state index is 9.05. The molecule has 0 saturated heterocycles. The molecule has 0 amide bonds. The number of benzene rings is 3. The van der Waals surface area contributed by atoms with Crippen LogP contribution in [0.25, 0.3) is 39.6 Å². The summed E-state index contributed by atoms with van der Waals surface area (Å²) in [5, 5.41) is 19.0. The van der Waals surface area contributed by atoms with Crippen molar-refractivity contribution in [2.45, 2.75) is 6.92 Å². The first kappa shape index (κ1) is 18.3. The summed E-state index contributed by atoms with van der Waals surface area (Å²) < 4.78 is 6.00. The van der Waals surface area contributed by atoms with Crippen molar-refractivity contribution in [2.24, 2.45) is 0 Å². The van der Waals surface area contributed by atoms with E-state index in [1.165, 1.54) is 5.56 Å². The number of nitrogens with zero attached hydrogens (tertiary/aromatic N) is 5. The molecular formula is C26H20N6. The minimum absolute atomic E-state index is 0.372. The van der Waals surface area contributed by atoms with E-state index >= 15 is 0 Å². The van der Waals surface area contributed by atoms with Gasteiger partial charge in [-0.2, -0.15) is 0 Å². The van der Waals surface area contributed by atoms with Crippen LogP contribution in [0.5, 0.6) is 0 Å². The molecule has 0 aliphatic heterocycles. The molecule has 3 heterocycles. The lowest BCUT2D eigenvalue weighted by atomic mass is 10.1. The van der Waals surface area contributed by atoms with Crippen molar-refractivity contribution in [2.75, 3.05) is 0 Å². The first-order valence-corrected chi connectivity index (χ1v) is 10.5. The van der Waals surface area contributed by atoms with E-state index in [-0.39, 0.29) is 0 Å². The van der Waals surface area contributed by atoms with Crippen LogP contribution in [0.4, 0.5) is 0 Å². The van der Waals surface area contributed by atoms with Gasteiger partial charge in [0.2, 0.25) is 5.78 Å². The molecule has 0 saturated carbocycles. The quantitative estimate of drug-likeness (QED) is 0.445. The summed E-state index contributed by atoms with van der Waals surface area (Å²) in [6.07, 6.45) is 2.01. The first-order valence-electron chi connectivity index (χ1n) is 10.5. The first-order chi connectivity index (χ1) is 15.7. The Morgan fingerprint density at radius 1 is 0.719 bits per heavy atom. The highest BCUT2D eigenvalue weighted by Crippen LogP contribution is 2.26. The molecule has 3 aromatic carbocycles. The van der Waals surface area contributed by atoms with E-state index in [1.807, 2.05) is 65.4 Å². The largest absolute Gasteiger partial charge is 0.302 e. The average molecular weight is 416 g/mol. The number of aryl methyl sites for hydroxylation is 1. The summed E-state index contributed by atoms with van der Waals surface area (Å²) in [5.74, 6) is 1.34. The monoisotopic (exact) mass is 416 g/mol. The van der Waals surface area contributed by atoms with Crippen LogP contribution in [-0.2, 0) is 0 Å². The molecule has 1 N–H and O–H groups in total. The molecule has 6 nitrogen and oxygen atoms in total. The van der Waals surface area contributed by atoms with E-state index in [4.69, 9.17) is 5.41 Å². The van der Waals surface area contributed by atoms with Gasteiger partial charge < -0.3 is 4.57 Å². The fourth-order valence-electron chi connectivity index (χ4n) is 4.18. The molecule has 3 aromatic heterocycles. The van der Waals surface area contributed by atoms with Crippen molar-refractivity contribution >= 4 is 16.8 Å². The smallest absolute Gasteiger partial charge is 0.243 e. The van der Waals surface area contributed by atoms with Gasteiger partial charge in [0, 0.05) is 17.4 Å². The number of nitrogens with one attached hydrogen (secondary N) is 1. The van der Waals surface area contributed by atoms with Gasteiger partial charge in [-0.1, -0.05) is 66.2 Å². The molecular weight excluding hydrogens is 396 g/mol. The highest BCUT2D eigenvalue weighted by molar-refractivity contribution is 5.82. The Morgan fingerprint density at radius 2 is 1.38 bits per heavy atom. The molecule has 0 aliphatic carbocycles. The van der Waals surface area contributed by atoms with Gasteiger partial charge in [0.25, 0.3) is 0 Å². The normalized spacial score (nSPS) is 11.4. The van der Waals surface area contributed by atoms with E-state index in [1.54, 1.807) is 0 Å². The molecule has 0 fully saturated rings. The molecule has 0 bridgehead atoms. The van der Waals surface area contributed by atoms with Crippen LogP contribution < -0.4 is 5.49 Å². The third kappa shape index (κ3) is 2.70. The van der Waals surface area contributed by atoms with Crippen LogP contribution in [0.2, 0.25) is 0 Å². The standard InChI is InChI=1S/C26H20N6/c1-18-12-14-19(15-13-18)24-28-29-26-31(21-10-6-3-7-11-21)23(27)22-16-17-30(25(22)32(24)26)20-8-4-2-5-9-20/h2-17,27H,1H3. The van der Waals surface area contributed by atoms with E-state index in [2.05, 4.69) is 62.5 Å². The fraction of sp³-hybridized carbons (Fsp3) is 0.0385. The van der Waals surface area contributed by atoms with Crippen LogP contribution >= 0.6 is 0 Å². The summed E-state index contributed by atoms with van der Waals surface area (Å²) in [4.78, 5) is 0. The lowest BCUT2D eigenvalue weighted by molar-refractivity contribution is 0.912. The van der Waals surface area contributed by atoms with Gasteiger partial charge in [-0.05, 0) is 37.3 Å². The molecule has 0 atom stereocenters. The third-order valence-corrected chi connectivity index (χ3v) is 5.75. The Hall–Kier alpha value is -4.45. The number of hydrogen-bond acceptors (Lipinski definition) is 3. The minimum Gasteiger partial charge on any atom is -0.302 e. The zero-order valence-corrected chi connectivity index (χ0v) is 17.5. The van der Waals surface area contributed by atoms with Crippen LogP contribution in [0.1, 0.15) is 5.56 Å². The lowest BCUT2D eigenvalue weighted by Crippen LogP contribution is -2.22. The summed E-state index contributed by atoms with van der Waals surface area (Å²) >= 11 is 0. The van der Waals surface area contributed by atoms with Crippen LogP contribution in [-0.4, -0.2) is 23.7 Å². The highest BCUT2D eigenvalue weighted by atomic mass is 15.3. The Balaban J connectivity index is 1.79. The molecule has 6 rings (SSSR count). The second-order valence-corrected chi connectivity index (χ2v) is 7.80. The van der Waals surface area contributed by atoms with Crippen molar-refractivity contribution in [1.29, 1.82) is 5.41 Å². The summed E-state index contributed by atoms with van der Waals surface area (Å²) in [5.41, 5.74) is 5.29. The molecule has 6 aromatic rings. The minimum atomic E-state index is 0.372. The second kappa shape index (κ2) is 7.06. The van der Waals surface area contributed by atoms with Gasteiger partial charge >= 0.3 is 0 Å². The van der Waals surface area contributed by atoms with Gasteiger partial charge in [-0.3, -0.25) is 9.98 Å². The predicted molar refractivity (Wildman–Crippen MR) is 125 cm³/mol. The zero-order valence-electron chi connectivity index (χ0n) is 17.5. The van der Waals surface area contributed by atoms with Crippen molar-refractivity contribution in [1.82, 2.24) is 23.7 Å². The molecule has 0 spiro atoms. The van der Waals surface area contributed by atoms with Crippen LogP contribution in [0.15, 0.2) is 97.2 Å². The maximum Gasteiger partial charge on any atom is 0.243 e. The van der Waals surface area contributed by atoms with E-state index in [0.717, 1.165) is 33.8 Å². The van der Waals surface area contributed by atoms with Gasteiger partial charge in [-0.15, -0.1) is 10.2 Å². The highest BCUT2D eigenvalue weighted by Gasteiger charge is 2.20. The SMILES string of the molecule is Cc1ccc(-c2nnc3n(-c4ccccc4)c(=N)c4ccn(-c5ccccc5)c4n23)cc1. The zero-order chi connectivity index (χ0) is 21.7. The third-order valence-electron chi connectivity index (χ3n) is 5.75. The van der Waals surface area contributed by atoms with E-state index < -0.39 is 0 Å². The summed E-state index contributed by atoms with van der Waals surface area (Å²) in [6, 6.07) is 30.3. The molecule has 0 unspecified atom stereocenters. The number of aromatic nitrogens is 5. The van der Waals surface area contributed by atoms with Gasteiger partial charge in [-0.25, -0.2) is 4.40 Å². The second-order valence-electron chi connectivity index (χ2n) is 7.80. The molecule has 0 radical (unpaired) electrons. The number of para-hydroxylation sites is 2. The van der Waals surface area contributed by atoms with Gasteiger partial charge in [0.15, 0.2) is 5.82 Å². The molecule has 32 heavy (non-hydrogen) atoms. The molecule has 154 valence electrons. The Morgan fingerprint density at radius 3 is 2.06 bits per heavy atom. The fourth-order valence-corrected chi connectivity index (χ4v) is 4.18. The predicted octanol–water partition coefficient (Wildman–Crippen LogP) is 4.92. The topological polar surface area (TPSA) is 63.9 Å². The van der Waals surface area contributed by atoms with Crippen LogP contribution in [0.3, 0.4) is 0 Å².